The maximum Gasteiger partial charge on any atom is 0.407 e. The van der Waals surface area contributed by atoms with E-state index < -0.39 is 0 Å². The first-order valence-electron chi connectivity index (χ1n) is 6.13. The number of ether oxygens (including phenoxy) is 1. The molecule has 0 aliphatic rings. The van der Waals surface area contributed by atoms with Gasteiger partial charge in [-0.15, -0.1) is 0 Å². The van der Waals surface area contributed by atoms with Crippen LogP contribution in [-0.2, 0) is 4.74 Å². The third-order valence-corrected chi connectivity index (χ3v) is 2.90. The normalized spacial score (nSPS) is 12.1. The maximum atomic E-state index is 11.4. The van der Waals surface area contributed by atoms with E-state index in [2.05, 4.69) is 23.5 Å². The van der Waals surface area contributed by atoms with Gasteiger partial charge in [-0.05, 0) is 30.2 Å². The number of rotatable bonds is 3. The van der Waals surface area contributed by atoms with Crippen LogP contribution < -0.4 is 5.32 Å². The summed E-state index contributed by atoms with van der Waals surface area (Å²) in [5.41, 5.74) is 1.10. The minimum Gasteiger partial charge on any atom is -0.450 e. The molecule has 0 spiro atoms. The third-order valence-electron chi connectivity index (χ3n) is 2.90. The summed E-state index contributed by atoms with van der Waals surface area (Å²) in [7, 11) is 0. The molecule has 0 unspecified atom stereocenters. The van der Waals surface area contributed by atoms with Gasteiger partial charge in [0, 0.05) is 0 Å². The molecule has 0 aliphatic heterocycles. The van der Waals surface area contributed by atoms with E-state index in [0.29, 0.717) is 6.61 Å². The first kappa shape index (κ1) is 12.4. The number of hydrogen-bond donors (Lipinski definition) is 1. The van der Waals surface area contributed by atoms with Crippen molar-refractivity contribution in [1.29, 1.82) is 0 Å². The molecule has 1 atom stereocenters. The maximum absolute atomic E-state index is 11.4. The van der Waals surface area contributed by atoms with Crippen LogP contribution in [0.2, 0.25) is 0 Å². The van der Waals surface area contributed by atoms with Crippen molar-refractivity contribution in [3.63, 3.8) is 0 Å². The summed E-state index contributed by atoms with van der Waals surface area (Å²) in [6, 6.07) is 14.2. The summed E-state index contributed by atoms with van der Waals surface area (Å²) in [6.45, 7) is 4.13. The van der Waals surface area contributed by atoms with E-state index in [1.165, 1.54) is 5.39 Å². The molecule has 0 aromatic heterocycles. The van der Waals surface area contributed by atoms with Gasteiger partial charge in [0.2, 0.25) is 0 Å². The Morgan fingerprint density at radius 2 is 1.94 bits per heavy atom. The van der Waals surface area contributed by atoms with Crippen molar-refractivity contribution >= 4 is 16.9 Å². The van der Waals surface area contributed by atoms with Gasteiger partial charge in [-0.1, -0.05) is 42.5 Å². The van der Waals surface area contributed by atoms with Gasteiger partial charge in [-0.2, -0.15) is 0 Å². The van der Waals surface area contributed by atoms with E-state index in [-0.39, 0.29) is 12.1 Å². The van der Waals surface area contributed by atoms with E-state index in [1.807, 2.05) is 31.2 Å². The highest BCUT2D eigenvalue weighted by Crippen LogP contribution is 2.23. The second-order valence-corrected chi connectivity index (χ2v) is 4.15. The molecule has 94 valence electrons. The average Bonchev–Trinajstić information content (AvgIpc) is 2.38. The first-order chi connectivity index (χ1) is 8.72. The van der Waals surface area contributed by atoms with Gasteiger partial charge < -0.3 is 10.1 Å². The van der Waals surface area contributed by atoms with E-state index in [4.69, 9.17) is 4.74 Å². The van der Waals surface area contributed by atoms with Crippen molar-refractivity contribution in [2.45, 2.75) is 19.9 Å². The van der Waals surface area contributed by atoms with Gasteiger partial charge in [-0.25, -0.2) is 4.79 Å². The molecule has 2 aromatic rings. The SMILES string of the molecule is CCOC(=O)N[C@@H](C)c1cccc2ccccc12. The lowest BCUT2D eigenvalue weighted by atomic mass is 10.00. The van der Waals surface area contributed by atoms with Crippen LogP contribution in [0.1, 0.15) is 25.5 Å². The second kappa shape index (κ2) is 5.54. The Bertz CT molecular complexity index is 546. The van der Waals surface area contributed by atoms with Crippen molar-refractivity contribution in [3.05, 3.63) is 48.0 Å². The van der Waals surface area contributed by atoms with Gasteiger partial charge in [-0.3, -0.25) is 0 Å². The molecule has 0 radical (unpaired) electrons. The Kier molecular flexibility index (Phi) is 3.82. The zero-order valence-corrected chi connectivity index (χ0v) is 10.6. The van der Waals surface area contributed by atoms with Gasteiger partial charge >= 0.3 is 6.09 Å². The van der Waals surface area contributed by atoms with Crippen LogP contribution in [0, 0.1) is 0 Å². The van der Waals surface area contributed by atoms with Gasteiger partial charge in [0.1, 0.15) is 0 Å². The summed E-state index contributed by atoms with van der Waals surface area (Å²) in [6.07, 6.45) is -0.377. The summed E-state index contributed by atoms with van der Waals surface area (Å²) < 4.78 is 4.90. The number of nitrogens with one attached hydrogen (secondary N) is 1. The van der Waals surface area contributed by atoms with E-state index in [0.717, 1.165) is 10.9 Å². The van der Waals surface area contributed by atoms with Crippen molar-refractivity contribution in [2.24, 2.45) is 0 Å². The number of carbonyl (C=O) groups excluding carboxylic acids is 1. The van der Waals surface area contributed by atoms with E-state index in [1.54, 1.807) is 6.92 Å². The fraction of sp³-hybridized carbons (Fsp3) is 0.267. The second-order valence-electron chi connectivity index (χ2n) is 4.15. The standard InChI is InChI=1S/C15H17NO2/c1-3-18-15(17)16-11(2)13-10-6-8-12-7-4-5-9-14(12)13/h4-11H,3H2,1-2H3,(H,16,17)/t11-/m0/s1. The number of hydrogen-bond acceptors (Lipinski definition) is 2. The molecule has 3 nitrogen and oxygen atoms in total. The first-order valence-corrected chi connectivity index (χ1v) is 6.13. The monoisotopic (exact) mass is 243 g/mol. The third kappa shape index (κ3) is 2.62. The number of benzene rings is 2. The number of fused-ring (bicyclic) bond motifs is 1. The molecule has 0 heterocycles. The van der Waals surface area contributed by atoms with Crippen LogP contribution in [-0.4, -0.2) is 12.7 Å². The molecule has 3 heteroatoms. The zero-order chi connectivity index (χ0) is 13.0. The molecule has 0 saturated carbocycles. The van der Waals surface area contributed by atoms with Crippen LogP contribution in [0.3, 0.4) is 0 Å². The van der Waals surface area contributed by atoms with Crippen LogP contribution >= 0.6 is 0 Å². The van der Waals surface area contributed by atoms with Crippen LogP contribution in [0.25, 0.3) is 10.8 Å². The molecule has 2 rings (SSSR count). The largest absolute Gasteiger partial charge is 0.450 e. The fourth-order valence-electron chi connectivity index (χ4n) is 2.06. The molecule has 1 N–H and O–H groups in total. The molecular weight excluding hydrogens is 226 g/mol. The van der Waals surface area contributed by atoms with Crippen molar-refractivity contribution in [2.75, 3.05) is 6.61 Å². The molecule has 1 amide bonds. The number of amides is 1. The highest BCUT2D eigenvalue weighted by molar-refractivity contribution is 5.86. The molecule has 0 aliphatic carbocycles. The number of carbonyl (C=O) groups is 1. The van der Waals surface area contributed by atoms with Crippen molar-refractivity contribution < 1.29 is 9.53 Å². The molecule has 0 saturated heterocycles. The molecule has 18 heavy (non-hydrogen) atoms. The van der Waals surface area contributed by atoms with E-state index in [9.17, 15) is 4.79 Å². The predicted octanol–water partition coefficient (Wildman–Crippen LogP) is 3.65. The van der Waals surface area contributed by atoms with Crippen LogP contribution in [0.15, 0.2) is 42.5 Å². The molecule has 2 aromatic carbocycles. The number of alkyl carbamates (subject to hydrolysis) is 1. The zero-order valence-electron chi connectivity index (χ0n) is 10.6. The topological polar surface area (TPSA) is 38.3 Å². The Morgan fingerprint density at radius 3 is 2.72 bits per heavy atom. The van der Waals surface area contributed by atoms with E-state index >= 15 is 0 Å². The highest BCUT2D eigenvalue weighted by Gasteiger charge is 2.12. The Hall–Kier alpha value is -2.03. The van der Waals surface area contributed by atoms with Crippen molar-refractivity contribution in [3.8, 4) is 0 Å². The molecule has 0 fully saturated rings. The summed E-state index contributed by atoms with van der Waals surface area (Å²) in [5, 5.41) is 5.16. The summed E-state index contributed by atoms with van der Waals surface area (Å²) in [4.78, 5) is 11.4. The predicted molar refractivity (Wildman–Crippen MR) is 72.5 cm³/mol. The lowest BCUT2D eigenvalue weighted by Gasteiger charge is -2.16. The van der Waals surface area contributed by atoms with Gasteiger partial charge in [0.15, 0.2) is 0 Å². The summed E-state index contributed by atoms with van der Waals surface area (Å²) >= 11 is 0. The smallest absolute Gasteiger partial charge is 0.407 e. The fourth-order valence-corrected chi connectivity index (χ4v) is 2.06. The molecule has 0 bridgehead atoms. The van der Waals surface area contributed by atoms with Crippen LogP contribution in [0.4, 0.5) is 4.79 Å². The van der Waals surface area contributed by atoms with Crippen molar-refractivity contribution in [1.82, 2.24) is 5.32 Å². The minimum absolute atomic E-state index is 0.0739. The highest BCUT2D eigenvalue weighted by atomic mass is 16.5. The Balaban J connectivity index is 2.27. The Morgan fingerprint density at radius 1 is 1.22 bits per heavy atom. The van der Waals surface area contributed by atoms with Gasteiger partial charge in [0.05, 0.1) is 12.6 Å². The lowest BCUT2D eigenvalue weighted by molar-refractivity contribution is 0.149. The molecular formula is C15H17NO2. The van der Waals surface area contributed by atoms with Gasteiger partial charge in [0.25, 0.3) is 0 Å². The average molecular weight is 243 g/mol. The summed E-state index contributed by atoms with van der Waals surface area (Å²) in [5.74, 6) is 0. The lowest BCUT2D eigenvalue weighted by Crippen LogP contribution is -2.27. The Labute approximate surface area is 107 Å². The quantitative estimate of drug-likeness (QED) is 0.893. The minimum atomic E-state index is -0.377. The van der Waals surface area contributed by atoms with Crippen LogP contribution in [0.5, 0.6) is 0 Å².